The third-order valence-corrected chi connectivity index (χ3v) is 9.78. The first kappa shape index (κ1) is 43.6. The van der Waals surface area contributed by atoms with Gasteiger partial charge in [0.2, 0.25) is 25.1 Å². The van der Waals surface area contributed by atoms with Crippen LogP contribution in [-0.2, 0) is 28.5 Å². The molecule has 12 heteroatoms. The fourth-order valence-electron chi connectivity index (χ4n) is 4.45. The van der Waals surface area contributed by atoms with Crippen molar-refractivity contribution in [1.82, 2.24) is 16.0 Å². The van der Waals surface area contributed by atoms with Crippen molar-refractivity contribution in [1.29, 1.82) is 0 Å². The molecule has 1 unspecified atom stereocenters. The van der Waals surface area contributed by atoms with E-state index in [9.17, 15) is 28.6 Å². The van der Waals surface area contributed by atoms with E-state index in [4.69, 9.17) is 4.74 Å². The van der Waals surface area contributed by atoms with Crippen LogP contribution in [0.5, 0.6) is 0 Å². The third-order valence-electron chi connectivity index (χ3n) is 7.46. The Balaban J connectivity index is 5.14. The molecule has 0 rings (SSSR count). The molecule has 0 saturated carbocycles. The molecule has 264 valence electrons. The number of nitrogens with one attached hydrogen (secondary N) is 3. The van der Waals surface area contributed by atoms with Crippen LogP contribution in [0.25, 0.3) is 0 Å². The molecule has 0 aliphatic carbocycles. The molecule has 3 amide bonds. The number of allylic oxidation sites excluding steroid dienone is 6. The van der Waals surface area contributed by atoms with E-state index in [0.717, 1.165) is 31.3 Å². The predicted octanol–water partition coefficient (Wildman–Crippen LogP) is 5.76. The first-order chi connectivity index (χ1) is 21.4. The van der Waals surface area contributed by atoms with E-state index in [-0.39, 0.29) is 30.6 Å². The number of thioether (sulfide) groups is 1. The van der Waals surface area contributed by atoms with Crippen molar-refractivity contribution < 1.29 is 33.4 Å². The normalized spacial score (nSPS) is 15.4. The SMILES string of the molecule is COC(=O)[C@H](CCSC)NC(=O)[C@@H](NC(=O)[C@@H](NC(=O)CCP(=O)(O)CC=C(C)CCC=C(C)CCC=C(C)C)C(C)C)C(C)C. The van der Waals surface area contributed by atoms with Crippen LogP contribution < -0.4 is 16.0 Å². The Morgan fingerprint density at radius 2 is 1.33 bits per heavy atom. The van der Waals surface area contributed by atoms with Gasteiger partial charge in [0, 0.05) is 18.7 Å². The Bertz CT molecular complexity index is 1130. The zero-order valence-corrected chi connectivity index (χ0v) is 31.4. The molecular formula is C34H60N3O7PS. The Morgan fingerprint density at radius 1 is 0.804 bits per heavy atom. The number of esters is 1. The minimum absolute atomic E-state index is 0.0157. The maximum atomic E-state index is 13.3. The van der Waals surface area contributed by atoms with E-state index >= 15 is 0 Å². The van der Waals surface area contributed by atoms with Gasteiger partial charge in [0.15, 0.2) is 0 Å². The van der Waals surface area contributed by atoms with Crippen LogP contribution >= 0.6 is 19.1 Å². The number of carbonyl (C=O) groups is 4. The van der Waals surface area contributed by atoms with Gasteiger partial charge in [-0.05, 0) is 83.6 Å². The second kappa shape index (κ2) is 23.0. The number of hydrogen-bond donors (Lipinski definition) is 4. The summed E-state index contributed by atoms with van der Waals surface area (Å²) in [6.45, 7) is 15.3. The first-order valence-corrected chi connectivity index (χ1v) is 19.6. The number of hydrogen-bond acceptors (Lipinski definition) is 7. The molecule has 0 aromatic carbocycles. The highest BCUT2D eigenvalue weighted by Gasteiger charge is 2.33. The number of carbonyl (C=O) groups excluding carboxylic acids is 4. The van der Waals surface area contributed by atoms with Gasteiger partial charge in [0.1, 0.15) is 18.1 Å². The monoisotopic (exact) mass is 685 g/mol. The second-order valence-corrected chi connectivity index (χ2v) is 16.3. The summed E-state index contributed by atoms with van der Waals surface area (Å²) < 4.78 is 17.6. The van der Waals surface area contributed by atoms with Crippen molar-refractivity contribution in [3.05, 3.63) is 34.9 Å². The lowest BCUT2D eigenvalue weighted by atomic mass is 9.99. The van der Waals surface area contributed by atoms with E-state index < -0.39 is 49.2 Å². The third kappa shape index (κ3) is 19.3. The minimum atomic E-state index is -3.60. The molecule has 46 heavy (non-hydrogen) atoms. The van der Waals surface area contributed by atoms with Crippen molar-refractivity contribution in [2.24, 2.45) is 11.8 Å². The van der Waals surface area contributed by atoms with Gasteiger partial charge in [0.25, 0.3) is 0 Å². The van der Waals surface area contributed by atoms with Gasteiger partial charge in [-0.2, -0.15) is 11.8 Å². The summed E-state index contributed by atoms with van der Waals surface area (Å²) in [5.41, 5.74) is 3.66. The van der Waals surface area contributed by atoms with Crippen LogP contribution in [0.1, 0.15) is 93.9 Å². The van der Waals surface area contributed by atoms with Crippen molar-refractivity contribution in [3.63, 3.8) is 0 Å². The summed E-state index contributed by atoms with van der Waals surface area (Å²) in [5.74, 6) is -2.16. The van der Waals surface area contributed by atoms with E-state index in [0.29, 0.717) is 12.2 Å². The van der Waals surface area contributed by atoms with Gasteiger partial charge in [-0.25, -0.2) is 4.79 Å². The Labute approximate surface area is 281 Å². The lowest BCUT2D eigenvalue weighted by molar-refractivity contribution is -0.145. The van der Waals surface area contributed by atoms with Crippen LogP contribution in [0.15, 0.2) is 34.9 Å². The number of rotatable bonds is 22. The van der Waals surface area contributed by atoms with Crippen LogP contribution in [0, 0.1) is 11.8 Å². The molecule has 0 saturated heterocycles. The fraction of sp³-hybridized carbons (Fsp3) is 0.706. The van der Waals surface area contributed by atoms with Crippen molar-refractivity contribution in [3.8, 4) is 0 Å². The highest BCUT2D eigenvalue weighted by Crippen LogP contribution is 2.41. The molecule has 4 N–H and O–H groups in total. The molecular weight excluding hydrogens is 625 g/mol. The van der Waals surface area contributed by atoms with Gasteiger partial charge in [0.05, 0.1) is 7.11 Å². The summed E-state index contributed by atoms with van der Waals surface area (Å²) in [6, 6.07) is -2.77. The van der Waals surface area contributed by atoms with E-state index in [1.54, 1.807) is 33.8 Å². The van der Waals surface area contributed by atoms with Crippen molar-refractivity contribution >= 4 is 42.8 Å². The van der Waals surface area contributed by atoms with Crippen LogP contribution in [0.4, 0.5) is 0 Å². The maximum Gasteiger partial charge on any atom is 0.328 e. The molecule has 0 aromatic heterocycles. The Hall–Kier alpha value is -2.36. The van der Waals surface area contributed by atoms with Gasteiger partial charge < -0.3 is 25.6 Å². The van der Waals surface area contributed by atoms with Crippen LogP contribution in [-0.4, -0.2) is 78.2 Å². The number of methoxy groups -OCH3 is 1. The standard InChI is InChI=1S/C34H60N3O7PS/c1-23(2)13-11-14-26(7)15-12-16-27(8)17-20-45(42,43)21-18-29(38)36-30(24(3)4)33(40)37-31(25(5)6)32(39)35-28(19-22-46-10)34(41)44-9/h13,15,17,24-25,28,30-31H,11-12,14,16,18-22H2,1-10H3,(H,35,39)(H,36,38)(H,37,40)(H,42,43)/t28-,30-,31-/m0/s1. The summed E-state index contributed by atoms with van der Waals surface area (Å²) in [4.78, 5) is 61.8. The summed E-state index contributed by atoms with van der Waals surface area (Å²) in [7, 11) is -2.35. The summed E-state index contributed by atoms with van der Waals surface area (Å²) in [6.07, 6.45) is 11.7. The largest absolute Gasteiger partial charge is 0.467 e. The number of ether oxygens (including phenoxy) is 1. The Kier molecular flexibility index (Phi) is 21.9. The van der Waals surface area contributed by atoms with Gasteiger partial charge in [-0.15, -0.1) is 0 Å². The molecule has 0 fully saturated rings. The van der Waals surface area contributed by atoms with E-state index in [1.165, 1.54) is 30.0 Å². The minimum Gasteiger partial charge on any atom is -0.467 e. The summed E-state index contributed by atoms with van der Waals surface area (Å²) >= 11 is 1.53. The van der Waals surface area contributed by atoms with Gasteiger partial charge in [-0.1, -0.05) is 62.6 Å². The zero-order valence-electron chi connectivity index (χ0n) is 29.7. The van der Waals surface area contributed by atoms with E-state index in [1.807, 2.05) is 13.2 Å². The molecule has 0 aliphatic rings. The molecule has 0 aromatic rings. The molecule has 4 atom stereocenters. The van der Waals surface area contributed by atoms with Gasteiger partial charge >= 0.3 is 5.97 Å². The van der Waals surface area contributed by atoms with Gasteiger partial charge in [-0.3, -0.25) is 18.9 Å². The van der Waals surface area contributed by atoms with E-state index in [2.05, 4.69) is 48.9 Å². The van der Waals surface area contributed by atoms with Crippen molar-refractivity contribution in [2.75, 3.05) is 31.4 Å². The highest BCUT2D eigenvalue weighted by atomic mass is 32.2. The van der Waals surface area contributed by atoms with Crippen LogP contribution in [0.2, 0.25) is 0 Å². The highest BCUT2D eigenvalue weighted by molar-refractivity contribution is 7.98. The number of amides is 3. The predicted molar refractivity (Wildman–Crippen MR) is 190 cm³/mol. The quantitative estimate of drug-likeness (QED) is 0.0639. The van der Waals surface area contributed by atoms with Crippen LogP contribution in [0.3, 0.4) is 0 Å². The average Bonchev–Trinajstić information content (AvgIpc) is 2.97. The summed E-state index contributed by atoms with van der Waals surface area (Å²) in [5, 5.41) is 8.08. The lowest BCUT2D eigenvalue weighted by Crippen LogP contribution is -2.58. The molecule has 0 radical (unpaired) electrons. The molecule has 0 heterocycles. The lowest BCUT2D eigenvalue weighted by Gasteiger charge is -2.28. The average molecular weight is 686 g/mol. The topological polar surface area (TPSA) is 151 Å². The van der Waals surface area contributed by atoms with Crippen molar-refractivity contribution in [2.45, 2.75) is 112 Å². The second-order valence-electron chi connectivity index (χ2n) is 12.8. The molecule has 0 bridgehead atoms. The maximum absolute atomic E-state index is 13.3. The molecule has 10 nitrogen and oxygen atoms in total. The molecule has 0 spiro atoms. The molecule has 0 aliphatic heterocycles. The first-order valence-electron chi connectivity index (χ1n) is 16.2. The smallest absolute Gasteiger partial charge is 0.328 e. The zero-order chi connectivity index (χ0) is 35.4. The Morgan fingerprint density at radius 3 is 1.85 bits per heavy atom. The fourth-order valence-corrected chi connectivity index (χ4v) is 6.26.